The summed E-state index contributed by atoms with van der Waals surface area (Å²) in [7, 11) is -0.00585. The molecule has 0 bridgehead atoms. The van der Waals surface area contributed by atoms with Gasteiger partial charge in [0.15, 0.2) is 0 Å². The van der Waals surface area contributed by atoms with Crippen LogP contribution in [0, 0.1) is 13.8 Å². The van der Waals surface area contributed by atoms with Gasteiger partial charge in [-0.2, -0.15) is 0 Å². The van der Waals surface area contributed by atoms with Crippen molar-refractivity contribution in [1.29, 1.82) is 0 Å². The predicted octanol–water partition coefficient (Wildman–Crippen LogP) is 7.99. The molecule has 0 saturated heterocycles. The molecule has 1 aromatic rings. The zero-order valence-electron chi connectivity index (χ0n) is 18.3. The molecule has 2 fully saturated rings. The number of aryl methyl sites for hydroxylation is 1. The van der Waals surface area contributed by atoms with E-state index in [1.54, 1.807) is 38.7 Å². The minimum absolute atomic E-state index is 0.00585. The van der Waals surface area contributed by atoms with Crippen LogP contribution in [0.4, 0.5) is 0 Å². The van der Waals surface area contributed by atoms with Gasteiger partial charge in [0.1, 0.15) is 0 Å². The first-order chi connectivity index (χ1) is 13.0. The zero-order chi connectivity index (χ0) is 19.1. The van der Waals surface area contributed by atoms with E-state index < -0.39 is 0 Å². The van der Waals surface area contributed by atoms with Gasteiger partial charge < -0.3 is 0 Å². The maximum Gasteiger partial charge on any atom is 0.00317 e. The summed E-state index contributed by atoms with van der Waals surface area (Å²) in [5, 5.41) is 1.81. The van der Waals surface area contributed by atoms with Crippen LogP contribution in [0.15, 0.2) is 11.6 Å². The number of allylic oxidation sites excluding steroid dienone is 2. The van der Waals surface area contributed by atoms with Gasteiger partial charge in [0.05, 0.1) is 0 Å². The van der Waals surface area contributed by atoms with Crippen LogP contribution in [0.1, 0.15) is 113 Å². The minimum Gasteiger partial charge on any atom is -0.0686 e. The molecule has 27 heavy (non-hydrogen) atoms. The minimum atomic E-state index is -0.00585. The van der Waals surface area contributed by atoms with Crippen LogP contribution in [0.3, 0.4) is 0 Å². The quantitative estimate of drug-likeness (QED) is 0.465. The van der Waals surface area contributed by atoms with Gasteiger partial charge in [-0.15, -0.1) is 0 Å². The molecule has 3 aliphatic rings. The molecule has 1 heteroatoms. The topological polar surface area (TPSA) is 0 Å². The maximum atomic E-state index is 2.67. The van der Waals surface area contributed by atoms with Crippen molar-refractivity contribution >= 4 is 18.8 Å². The Bertz CT molecular complexity index is 711. The smallest absolute Gasteiger partial charge is 0.00317 e. The highest BCUT2D eigenvalue weighted by Gasteiger charge is 2.36. The van der Waals surface area contributed by atoms with Crippen molar-refractivity contribution in [2.75, 3.05) is 0 Å². The van der Waals surface area contributed by atoms with E-state index >= 15 is 0 Å². The summed E-state index contributed by atoms with van der Waals surface area (Å²) < 4.78 is 0. The van der Waals surface area contributed by atoms with Crippen LogP contribution < -0.4 is 5.30 Å². The van der Waals surface area contributed by atoms with Crippen molar-refractivity contribution in [3.8, 4) is 0 Å². The number of hydrogen-bond donors (Lipinski definition) is 0. The van der Waals surface area contributed by atoms with E-state index in [1.165, 1.54) is 64.2 Å². The maximum absolute atomic E-state index is 2.67. The monoisotopic (exact) mass is 382 g/mol. The molecule has 148 valence electrons. The molecule has 0 amide bonds. The van der Waals surface area contributed by atoms with E-state index in [1.807, 2.05) is 0 Å². The van der Waals surface area contributed by atoms with E-state index in [2.05, 4.69) is 40.7 Å². The van der Waals surface area contributed by atoms with Gasteiger partial charge >= 0.3 is 0 Å². The molecule has 1 atom stereocenters. The molecule has 0 nitrogen and oxygen atoms in total. The first kappa shape index (κ1) is 19.7. The Hall–Kier alpha value is -0.610. The highest BCUT2D eigenvalue weighted by Crippen LogP contribution is 2.57. The average molecular weight is 383 g/mol. The summed E-state index contributed by atoms with van der Waals surface area (Å²) in [5.74, 6) is 0.614. The van der Waals surface area contributed by atoms with Gasteiger partial charge in [0.2, 0.25) is 0 Å². The molecule has 0 N–H and O–H groups in total. The fourth-order valence-electron chi connectivity index (χ4n) is 6.38. The second-order valence-corrected chi connectivity index (χ2v) is 12.4. The lowest BCUT2D eigenvalue weighted by Gasteiger charge is -2.40. The Balaban J connectivity index is 1.81. The third-order valence-corrected chi connectivity index (χ3v) is 11.7. The summed E-state index contributed by atoms with van der Waals surface area (Å²) in [4.78, 5) is 0. The predicted molar refractivity (Wildman–Crippen MR) is 123 cm³/mol. The number of benzene rings is 1. The summed E-state index contributed by atoms with van der Waals surface area (Å²) in [5.41, 5.74) is 11.7. The summed E-state index contributed by atoms with van der Waals surface area (Å²) >= 11 is 0. The fourth-order valence-corrected chi connectivity index (χ4v) is 10.4. The van der Waals surface area contributed by atoms with E-state index in [0.717, 1.165) is 11.3 Å². The largest absolute Gasteiger partial charge is 0.0686 e. The van der Waals surface area contributed by atoms with Crippen molar-refractivity contribution in [3.63, 3.8) is 0 Å². The molecule has 1 unspecified atom stereocenters. The van der Waals surface area contributed by atoms with Gasteiger partial charge in [-0.3, -0.25) is 0 Å². The fraction of sp³-hybridized carbons (Fsp3) is 0.692. The number of fused-ring (bicyclic) bond motifs is 1. The highest BCUT2D eigenvalue weighted by molar-refractivity contribution is 7.67. The van der Waals surface area contributed by atoms with Crippen molar-refractivity contribution in [2.45, 2.75) is 116 Å². The number of rotatable bonds is 3. The Kier molecular flexibility index (Phi) is 5.85. The van der Waals surface area contributed by atoms with Crippen molar-refractivity contribution in [3.05, 3.63) is 33.9 Å². The lowest BCUT2D eigenvalue weighted by molar-refractivity contribution is 0.487. The molecule has 3 aliphatic carbocycles. The first-order valence-electron chi connectivity index (χ1n) is 11.6. The molecule has 0 spiro atoms. The zero-order valence-corrected chi connectivity index (χ0v) is 19.2. The lowest BCUT2D eigenvalue weighted by atomic mass is 9.92. The SMILES string of the molecule is CC1=C(C)C(C)c2c(C)cc(P(C3CCCCC3)C3CCCCC3)c(C)c21. The Morgan fingerprint density at radius 3 is 1.81 bits per heavy atom. The first-order valence-corrected chi connectivity index (χ1v) is 13.1. The second-order valence-electron chi connectivity index (χ2n) is 9.65. The van der Waals surface area contributed by atoms with Crippen molar-refractivity contribution < 1.29 is 0 Å². The van der Waals surface area contributed by atoms with Crippen LogP contribution >= 0.6 is 7.92 Å². The van der Waals surface area contributed by atoms with Crippen LogP contribution in [-0.4, -0.2) is 11.3 Å². The van der Waals surface area contributed by atoms with Gasteiger partial charge in [-0.05, 0) is 97.8 Å². The van der Waals surface area contributed by atoms with Crippen LogP contribution in [-0.2, 0) is 0 Å². The van der Waals surface area contributed by atoms with Crippen LogP contribution in [0.25, 0.3) is 5.57 Å². The van der Waals surface area contributed by atoms with Crippen LogP contribution in [0.5, 0.6) is 0 Å². The lowest BCUT2D eigenvalue weighted by Crippen LogP contribution is -2.28. The van der Waals surface area contributed by atoms with Gasteiger partial charge in [0, 0.05) is 5.92 Å². The van der Waals surface area contributed by atoms with Crippen molar-refractivity contribution in [2.24, 2.45) is 0 Å². The van der Waals surface area contributed by atoms with E-state index in [0.29, 0.717) is 5.92 Å². The second kappa shape index (κ2) is 8.02. The highest BCUT2D eigenvalue weighted by atomic mass is 31.1. The van der Waals surface area contributed by atoms with E-state index in [4.69, 9.17) is 0 Å². The normalized spacial score (nSPS) is 24.7. The molecule has 0 aliphatic heterocycles. The number of hydrogen-bond acceptors (Lipinski definition) is 0. The molecule has 2 saturated carbocycles. The van der Waals surface area contributed by atoms with Crippen LogP contribution in [0.2, 0.25) is 0 Å². The van der Waals surface area contributed by atoms with E-state index in [9.17, 15) is 0 Å². The third kappa shape index (κ3) is 3.46. The molecule has 1 aromatic carbocycles. The summed E-state index contributed by atoms with van der Waals surface area (Å²) in [6, 6.07) is 2.67. The molecule has 0 aromatic heterocycles. The third-order valence-electron chi connectivity index (χ3n) is 8.07. The molecular weight excluding hydrogens is 343 g/mol. The van der Waals surface area contributed by atoms with Gasteiger partial charge in [0.25, 0.3) is 0 Å². The average Bonchev–Trinajstić information content (AvgIpc) is 2.92. The Morgan fingerprint density at radius 2 is 1.30 bits per heavy atom. The molecule has 0 radical (unpaired) electrons. The molecule has 4 rings (SSSR count). The molecule has 0 heterocycles. The van der Waals surface area contributed by atoms with Gasteiger partial charge in [-0.1, -0.05) is 65.0 Å². The van der Waals surface area contributed by atoms with Crippen molar-refractivity contribution in [1.82, 2.24) is 0 Å². The Labute approximate surface area is 169 Å². The van der Waals surface area contributed by atoms with Gasteiger partial charge in [-0.25, -0.2) is 0 Å². The summed E-state index contributed by atoms with van der Waals surface area (Å²) in [6.45, 7) is 12.0. The summed E-state index contributed by atoms with van der Waals surface area (Å²) in [6.07, 6.45) is 14.9. The Morgan fingerprint density at radius 1 is 0.778 bits per heavy atom. The molecular formula is C26H39P. The van der Waals surface area contributed by atoms with E-state index in [-0.39, 0.29) is 7.92 Å². The standard InChI is InChI=1S/C26H39P/c1-17-16-24(21(5)26-20(4)18(2)19(3)25(17)26)27(22-12-8-6-9-13-22)23-14-10-7-11-15-23/h16,19,22-23H,6-15H2,1-5H3.